The number of halogens is 7. The maximum absolute atomic E-state index is 13.2. The fourth-order valence-corrected chi connectivity index (χ4v) is 4.83. The summed E-state index contributed by atoms with van der Waals surface area (Å²) in [4.78, 5) is 26.1. The van der Waals surface area contributed by atoms with E-state index in [1.807, 2.05) is 6.26 Å². The lowest BCUT2D eigenvalue weighted by Crippen LogP contribution is -2.38. The highest BCUT2D eigenvalue weighted by molar-refractivity contribution is 8.09. The van der Waals surface area contributed by atoms with Gasteiger partial charge in [0.05, 0.1) is 31.9 Å². The van der Waals surface area contributed by atoms with Crippen molar-refractivity contribution in [3.05, 3.63) is 98.6 Å². The standard InChI is InChI=1S/C28H25ClF6N2O2S2/c1-14-9-16(10-17-11-18(27(30,31)32)13-19(12-17)28(33,34)35)7-8-22(14)37-24(38)20-5-4-6-21(29)23(20)25(39)36-15(2)26(40)41-3/h4-9,11-13,15,26,40H,10H2,1-3H3,(H,36,39)(H,37,38)/t15-,26?/m0/s1. The van der Waals surface area contributed by atoms with Gasteiger partial charge in [0, 0.05) is 11.7 Å². The molecule has 0 radical (unpaired) electrons. The molecule has 41 heavy (non-hydrogen) atoms. The van der Waals surface area contributed by atoms with Crippen LogP contribution in [0, 0.1) is 6.92 Å². The summed E-state index contributed by atoms with van der Waals surface area (Å²) in [5.74, 6) is -1.20. The Balaban J connectivity index is 1.85. The molecule has 4 nitrogen and oxygen atoms in total. The Kier molecular flexibility index (Phi) is 10.4. The number of amides is 2. The van der Waals surface area contributed by atoms with Crippen LogP contribution in [0.15, 0.2) is 54.6 Å². The molecule has 0 saturated heterocycles. The summed E-state index contributed by atoms with van der Waals surface area (Å²) >= 11 is 12.1. The molecule has 0 aliphatic carbocycles. The van der Waals surface area contributed by atoms with Gasteiger partial charge in [0.2, 0.25) is 0 Å². The highest BCUT2D eigenvalue weighted by Crippen LogP contribution is 2.37. The van der Waals surface area contributed by atoms with E-state index in [1.54, 1.807) is 19.9 Å². The van der Waals surface area contributed by atoms with Crippen LogP contribution in [-0.4, -0.2) is 28.7 Å². The lowest BCUT2D eigenvalue weighted by Gasteiger charge is -2.20. The van der Waals surface area contributed by atoms with Crippen molar-refractivity contribution < 1.29 is 35.9 Å². The molecule has 2 N–H and O–H groups in total. The molecule has 2 amide bonds. The fourth-order valence-electron chi connectivity index (χ4n) is 4.02. The maximum Gasteiger partial charge on any atom is 0.416 e. The number of thiol groups is 1. The number of hydrogen-bond donors (Lipinski definition) is 3. The number of carbonyl (C=O) groups excluding carboxylic acids is 2. The molecule has 0 bridgehead atoms. The van der Waals surface area contributed by atoms with Crippen molar-refractivity contribution in [1.82, 2.24) is 5.32 Å². The Bertz CT molecular complexity index is 1410. The molecule has 0 saturated carbocycles. The summed E-state index contributed by atoms with van der Waals surface area (Å²) in [6.45, 7) is 3.38. The van der Waals surface area contributed by atoms with E-state index in [1.165, 1.54) is 42.1 Å². The summed E-state index contributed by atoms with van der Waals surface area (Å²) in [5, 5.41) is 5.53. The minimum Gasteiger partial charge on any atom is -0.348 e. The second-order valence-electron chi connectivity index (χ2n) is 9.25. The average Bonchev–Trinajstić information content (AvgIpc) is 2.88. The fraction of sp³-hybridized carbons (Fsp3) is 0.286. The van der Waals surface area contributed by atoms with E-state index in [0.29, 0.717) is 28.9 Å². The molecule has 0 fully saturated rings. The normalized spacial score (nSPS) is 13.4. The monoisotopic (exact) mass is 634 g/mol. The molecular weight excluding hydrogens is 610 g/mol. The highest BCUT2D eigenvalue weighted by Gasteiger charge is 2.37. The van der Waals surface area contributed by atoms with Gasteiger partial charge in [-0.05, 0) is 79.6 Å². The summed E-state index contributed by atoms with van der Waals surface area (Å²) < 4.78 is 79.2. The molecule has 220 valence electrons. The number of alkyl halides is 6. The van der Waals surface area contributed by atoms with E-state index in [9.17, 15) is 35.9 Å². The van der Waals surface area contributed by atoms with Gasteiger partial charge in [0.15, 0.2) is 0 Å². The predicted octanol–water partition coefficient (Wildman–Crippen LogP) is 8.27. The first-order valence-electron chi connectivity index (χ1n) is 12.0. The third-order valence-corrected chi connectivity index (χ3v) is 8.39. The van der Waals surface area contributed by atoms with Crippen LogP contribution in [0.1, 0.15) is 55.5 Å². The van der Waals surface area contributed by atoms with Crippen molar-refractivity contribution in [3.63, 3.8) is 0 Å². The van der Waals surface area contributed by atoms with E-state index in [2.05, 4.69) is 23.3 Å². The van der Waals surface area contributed by atoms with Crippen molar-refractivity contribution in [2.75, 3.05) is 11.6 Å². The van der Waals surface area contributed by atoms with Crippen molar-refractivity contribution in [3.8, 4) is 0 Å². The molecule has 0 aliphatic heterocycles. The van der Waals surface area contributed by atoms with Crippen molar-refractivity contribution in [2.45, 2.75) is 43.2 Å². The van der Waals surface area contributed by atoms with Crippen LogP contribution >= 0.6 is 36.0 Å². The third kappa shape index (κ3) is 8.36. The number of anilines is 1. The summed E-state index contributed by atoms with van der Waals surface area (Å²) in [6.07, 6.45) is -8.27. The Morgan fingerprint density at radius 1 is 0.927 bits per heavy atom. The minimum atomic E-state index is -4.95. The van der Waals surface area contributed by atoms with E-state index in [0.717, 1.165) is 0 Å². The molecular formula is C28H25ClF6N2O2S2. The van der Waals surface area contributed by atoms with Crippen molar-refractivity contribution in [1.29, 1.82) is 0 Å². The van der Waals surface area contributed by atoms with E-state index in [4.69, 9.17) is 11.6 Å². The lowest BCUT2D eigenvalue weighted by molar-refractivity contribution is -0.143. The van der Waals surface area contributed by atoms with Crippen molar-refractivity contribution >= 4 is 53.5 Å². The SMILES string of the molecule is CSC(S)[C@H](C)NC(=O)c1c(Cl)cccc1C(=O)Nc1ccc(Cc2cc(C(F)(F)F)cc(C(F)(F)F)c2)cc1C. The number of aryl methyl sites for hydroxylation is 1. The zero-order chi connectivity index (χ0) is 30.7. The second-order valence-corrected chi connectivity index (χ2v) is 11.5. The van der Waals surface area contributed by atoms with E-state index >= 15 is 0 Å². The predicted molar refractivity (Wildman–Crippen MR) is 153 cm³/mol. The van der Waals surface area contributed by atoms with Crippen LogP contribution in [0.2, 0.25) is 5.02 Å². The van der Waals surface area contributed by atoms with E-state index < -0.39 is 35.3 Å². The molecule has 0 aliphatic rings. The third-order valence-electron chi connectivity index (χ3n) is 6.11. The van der Waals surface area contributed by atoms with Crippen LogP contribution in [0.4, 0.5) is 32.0 Å². The number of carbonyl (C=O) groups is 2. The summed E-state index contributed by atoms with van der Waals surface area (Å²) in [6, 6.07) is 10.0. The van der Waals surface area contributed by atoms with Gasteiger partial charge in [0.25, 0.3) is 11.8 Å². The average molecular weight is 635 g/mol. The van der Waals surface area contributed by atoms with Gasteiger partial charge >= 0.3 is 12.4 Å². The second kappa shape index (κ2) is 13.0. The highest BCUT2D eigenvalue weighted by atomic mass is 35.5. The van der Waals surface area contributed by atoms with Gasteiger partial charge in [-0.3, -0.25) is 9.59 Å². The van der Waals surface area contributed by atoms with Crippen LogP contribution in [-0.2, 0) is 18.8 Å². The van der Waals surface area contributed by atoms with Crippen LogP contribution in [0.5, 0.6) is 0 Å². The zero-order valence-electron chi connectivity index (χ0n) is 21.9. The zero-order valence-corrected chi connectivity index (χ0v) is 24.3. The number of benzene rings is 3. The minimum absolute atomic E-state index is 0.00851. The molecule has 3 aromatic rings. The number of rotatable bonds is 8. The molecule has 3 rings (SSSR count). The van der Waals surface area contributed by atoms with E-state index in [-0.39, 0.29) is 44.8 Å². The van der Waals surface area contributed by atoms with Crippen LogP contribution in [0.25, 0.3) is 0 Å². The molecule has 2 atom stereocenters. The number of hydrogen-bond acceptors (Lipinski definition) is 4. The van der Waals surface area contributed by atoms with Crippen molar-refractivity contribution in [2.24, 2.45) is 0 Å². The number of nitrogens with one attached hydrogen (secondary N) is 2. The Morgan fingerprint density at radius 2 is 1.54 bits per heavy atom. The lowest BCUT2D eigenvalue weighted by atomic mass is 9.98. The molecule has 0 spiro atoms. The Morgan fingerprint density at radius 3 is 2.07 bits per heavy atom. The van der Waals surface area contributed by atoms with Crippen LogP contribution < -0.4 is 10.6 Å². The maximum atomic E-state index is 13.2. The molecule has 13 heteroatoms. The molecule has 0 aromatic heterocycles. The van der Waals surface area contributed by atoms with Crippen LogP contribution in [0.3, 0.4) is 0 Å². The van der Waals surface area contributed by atoms with Gasteiger partial charge in [-0.1, -0.05) is 29.8 Å². The topological polar surface area (TPSA) is 58.2 Å². The number of thioether (sulfide) groups is 1. The first-order valence-corrected chi connectivity index (χ1v) is 14.2. The summed E-state index contributed by atoms with van der Waals surface area (Å²) in [5.41, 5.74) is -1.71. The van der Waals surface area contributed by atoms with Gasteiger partial charge in [-0.25, -0.2) is 0 Å². The largest absolute Gasteiger partial charge is 0.416 e. The van der Waals surface area contributed by atoms with Gasteiger partial charge in [-0.2, -0.15) is 39.0 Å². The molecule has 0 heterocycles. The Labute approximate surface area is 247 Å². The quantitative estimate of drug-likeness (QED) is 0.133. The first-order chi connectivity index (χ1) is 19.0. The first kappa shape index (κ1) is 32.7. The summed E-state index contributed by atoms with van der Waals surface area (Å²) in [7, 11) is 0. The smallest absolute Gasteiger partial charge is 0.348 e. The molecule has 1 unspecified atom stereocenters. The Hall–Kier alpha value is -2.83. The molecule has 3 aromatic carbocycles. The van der Waals surface area contributed by atoms with Gasteiger partial charge in [-0.15, -0.1) is 11.8 Å². The van der Waals surface area contributed by atoms with Gasteiger partial charge in [0.1, 0.15) is 0 Å². The van der Waals surface area contributed by atoms with Gasteiger partial charge < -0.3 is 10.6 Å².